The molecule has 2 aromatic rings. The quantitative estimate of drug-likeness (QED) is 0.471. The van der Waals surface area contributed by atoms with Gasteiger partial charge in [-0.15, -0.1) is 11.3 Å². The number of hydrogen-bond acceptors (Lipinski definition) is 7. The van der Waals surface area contributed by atoms with E-state index < -0.39 is 21.9 Å². The van der Waals surface area contributed by atoms with E-state index in [1.54, 1.807) is 30.4 Å². The third-order valence-electron chi connectivity index (χ3n) is 2.04. The second-order valence-electron chi connectivity index (χ2n) is 4.00. The second kappa shape index (κ2) is 6.14. The first-order valence-electron chi connectivity index (χ1n) is 5.59. The molecular weight excluding hydrogens is 319 g/mol. The van der Waals surface area contributed by atoms with E-state index in [9.17, 15) is 12.8 Å². The lowest BCUT2D eigenvalue weighted by Crippen LogP contribution is -2.11. The van der Waals surface area contributed by atoms with Crippen LogP contribution < -0.4 is 4.18 Å². The summed E-state index contributed by atoms with van der Waals surface area (Å²) in [7, 11) is -0.631. The summed E-state index contributed by atoms with van der Waals surface area (Å²) in [5, 5.41) is 1.59. The Hall–Kier alpha value is -2.07. The fraction of sp³-hybridized carbons (Fsp3) is 0.182. The largest absolute Gasteiger partial charge is 0.369 e. The van der Waals surface area contributed by atoms with Gasteiger partial charge in [0.25, 0.3) is 0 Å². The fourth-order valence-electron chi connectivity index (χ4n) is 1.19. The van der Waals surface area contributed by atoms with Crippen molar-refractivity contribution < 1.29 is 17.0 Å². The zero-order valence-electron chi connectivity index (χ0n) is 11.1. The Morgan fingerprint density at radius 1 is 1.48 bits per heavy atom. The van der Waals surface area contributed by atoms with Crippen LogP contribution in [0.5, 0.6) is 6.01 Å². The van der Waals surface area contributed by atoms with Crippen LogP contribution in [0.3, 0.4) is 0 Å². The summed E-state index contributed by atoms with van der Waals surface area (Å²) in [5.41, 5.74) is 0. The highest BCUT2D eigenvalue weighted by molar-refractivity contribution is 7.89. The molecule has 112 valence electrons. The van der Waals surface area contributed by atoms with E-state index in [-0.39, 0.29) is 10.0 Å². The Kier molecular flexibility index (Phi) is 4.48. The van der Waals surface area contributed by atoms with Crippen LogP contribution in [-0.4, -0.2) is 43.7 Å². The predicted octanol–water partition coefficient (Wildman–Crippen LogP) is 1.67. The fourth-order valence-corrected chi connectivity index (χ4v) is 2.98. The molecule has 0 aromatic carbocycles. The number of thiophene rings is 1. The summed E-state index contributed by atoms with van der Waals surface area (Å²) in [6.45, 7) is 0. The zero-order valence-corrected chi connectivity index (χ0v) is 12.7. The van der Waals surface area contributed by atoms with Gasteiger partial charge in [-0.05, 0) is 11.4 Å². The van der Waals surface area contributed by atoms with Crippen molar-refractivity contribution in [1.29, 1.82) is 0 Å². The van der Waals surface area contributed by atoms with Crippen LogP contribution in [0.2, 0.25) is 0 Å². The summed E-state index contributed by atoms with van der Waals surface area (Å²) in [5.74, 6) is -1.09. The zero-order chi connectivity index (χ0) is 15.5. The molecule has 2 heterocycles. The Morgan fingerprint density at radius 2 is 2.24 bits per heavy atom. The minimum Gasteiger partial charge on any atom is -0.369 e. The summed E-state index contributed by atoms with van der Waals surface area (Å²) >= 11 is 0.992. The van der Waals surface area contributed by atoms with E-state index >= 15 is 0 Å². The van der Waals surface area contributed by atoms with Crippen molar-refractivity contribution in [2.45, 2.75) is 4.21 Å². The van der Waals surface area contributed by atoms with E-state index in [2.05, 4.69) is 15.0 Å². The van der Waals surface area contributed by atoms with Gasteiger partial charge in [0.1, 0.15) is 0 Å². The predicted molar refractivity (Wildman–Crippen MR) is 76.0 cm³/mol. The standard InChI is InChI=1S/C11H11FN4O3S2/c1-16(2)7-14-10-8(12)6-13-11(15-10)19-21(17,18)9-4-3-5-20-9/h3-7H,1-2H3/b14-7+. The van der Waals surface area contributed by atoms with Crippen molar-refractivity contribution in [3.8, 4) is 6.01 Å². The first kappa shape index (κ1) is 15.3. The van der Waals surface area contributed by atoms with Gasteiger partial charge in [-0.25, -0.2) is 9.38 Å². The van der Waals surface area contributed by atoms with Crippen molar-refractivity contribution in [2.75, 3.05) is 14.1 Å². The third-order valence-corrected chi connectivity index (χ3v) is 4.60. The van der Waals surface area contributed by atoms with Crippen molar-refractivity contribution in [2.24, 2.45) is 4.99 Å². The van der Waals surface area contributed by atoms with Gasteiger partial charge < -0.3 is 9.08 Å². The summed E-state index contributed by atoms with van der Waals surface area (Å²) < 4.78 is 42.0. The number of nitrogens with zero attached hydrogens (tertiary/aromatic N) is 4. The van der Waals surface area contributed by atoms with Gasteiger partial charge >= 0.3 is 16.1 Å². The molecule has 0 aliphatic heterocycles. The molecule has 0 aliphatic rings. The maximum Gasteiger partial charge on any atom is 0.351 e. The number of halogens is 1. The first-order chi connectivity index (χ1) is 9.88. The third kappa shape index (κ3) is 3.95. The molecule has 0 saturated carbocycles. The number of rotatable bonds is 5. The van der Waals surface area contributed by atoms with Crippen LogP contribution in [0.1, 0.15) is 0 Å². The van der Waals surface area contributed by atoms with Gasteiger partial charge in [-0.1, -0.05) is 6.07 Å². The van der Waals surface area contributed by atoms with Crippen molar-refractivity contribution in [1.82, 2.24) is 14.9 Å². The highest BCUT2D eigenvalue weighted by Gasteiger charge is 2.20. The summed E-state index contributed by atoms with van der Waals surface area (Å²) in [6, 6.07) is 2.46. The molecule has 10 heteroatoms. The highest BCUT2D eigenvalue weighted by atomic mass is 32.3. The van der Waals surface area contributed by atoms with Crippen LogP contribution in [0.4, 0.5) is 10.2 Å². The maximum absolute atomic E-state index is 13.5. The molecule has 0 atom stereocenters. The molecule has 0 unspecified atom stereocenters. The van der Waals surface area contributed by atoms with Gasteiger partial charge in [-0.2, -0.15) is 18.4 Å². The monoisotopic (exact) mass is 330 g/mol. The van der Waals surface area contributed by atoms with E-state index in [1.807, 2.05) is 0 Å². The number of aliphatic imine (C=N–C) groups is 1. The van der Waals surface area contributed by atoms with Crippen molar-refractivity contribution >= 4 is 33.6 Å². The lowest BCUT2D eigenvalue weighted by molar-refractivity contribution is 0.462. The minimum absolute atomic E-state index is 0.00812. The normalized spacial score (nSPS) is 11.8. The Balaban J connectivity index is 2.28. The van der Waals surface area contributed by atoms with Crippen LogP contribution in [0, 0.1) is 5.82 Å². The molecule has 0 bridgehead atoms. The Bertz CT molecular complexity index is 745. The first-order valence-corrected chi connectivity index (χ1v) is 7.88. The Labute approximate surface area is 124 Å². The van der Waals surface area contributed by atoms with Gasteiger partial charge in [0.2, 0.25) is 0 Å². The Morgan fingerprint density at radius 3 is 2.86 bits per heavy atom. The van der Waals surface area contributed by atoms with Crippen LogP contribution >= 0.6 is 11.3 Å². The molecule has 0 spiro atoms. The van der Waals surface area contributed by atoms with Crippen LogP contribution in [-0.2, 0) is 10.1 Å². The molecule has 0 aliphatic carbocycles. The molecular formula is C11H11FN4O3S2. The van der Waals surface area contributed by atoms with E-state index in [1.165, 1.54) is 12.4 Å². The van der Waals surface area contributed by atoms with Gasteiger partial charge in [0.05, 0.1) is 12.5 Å². The van der Waals surface area contributed by atoms with Crippen molar-refractivity contribution in [3.63, 3.8) is 0 Å². The van der Waals surface area contributed by atoms with E-state index in [0.29, 0.717) is 0 Å². The van der Waals surface area contributed by atoms with E-state index in [0.717, 1.165) is 17.5 Å². The van der Waals surface area contributed by atoms with Gasteiger partial charge in [0, 0.05) is 14.1 Å². The molecule has 0 N–H and O–H groups in total. The van der Waals surface area contributed by atoms with E-state index in [4.69, 9.17) is 4.18 Å². The average molecular weight is 330 g/mol. The summed E-state index contributed by atoms with van der Waals surface area (Å²) in [4.78, 5) is 12.5. The van der Waals surface area contributed by atoms with Gasteiger partial charge in [0.15, 0.2) is 15.8 Å². The van der Waals surface area contributed by atoms with Crippen LogP contribution in [0.15, 0.2) is 32.9 Å². The molecule has 2 rings (SSSR count). The number of aromatic nitrogens is 2. The summed E-state index contributed by atoms with van der Waals surface area (Å²) in [6.07, 6.45) is 2.12. The lowest BCUT2D eigenvalue weighted by atomic mass is 10.5. The average Bonchev–Trinajstić information content (AvgIpc) is 2.93. The molecule has 7 nitrogen and oxygen atoms in total. The maximum atomic E-state index is 13.5. The van der Waals surface area contributed by atoms with Crippen molar-refractivity contribution in [3.05, 3.63) is 29.5 Å². The molecule has 0 saturated heterocycles. The molecule has 2 aromatic heterocycles. The lowest BCUT2D eigenvalue weighted by Gasteiger charge is -2.05. The molecule has 21 heavy (non-hydrogen) atoms. The molecule has 0 amide bonds. The van der Waals surface area contributed by atoms with Gasteiger partial charge in [-0.3, -0.25) is 0 Å². The number of hydrogen-bond donors (Lipinski definition) is 0. The topological polar surface area (TPSA) is 84.8 Å². The van der Waals surface area contributed by atoms with Crippen LogP contribution in [0.25, 0.3) is 0 Å². The molecule has 0 fully saturated rings. The smallest absolute Gasteiger partial charge is 0.351 e. The minimum atomic E-state index is -4.02. The second-order valence-corrected chi connectivity index (χ2v) is 6.72. The molecule has 0 radical (unpaired) electrons. The highest BCUT2D eigenvalue weighted by Crippen LogP contribution is 2.22. The SMILES string of the molecule is CN(C)/C=N/c1nc(OS(=O)(=O)c2cccs2)ncc1F.